The van der Waals surface area contributed by atoms with Crippen LogP contribution in [0.15, 0.2) is 72.8 Å². The van der Waals surface area contributed by atoms with Gasteiger partial charge in [0.25, 0.3) is 5.91 Å². The summed E-state index contributed by atoms with van der Waals surface area (Å²) in [4.78, 5) is 27.9. The zero-order valence-electron chi connectivity index (χ0n) is 21.1. The summed E-state index contributed by atoms with van der Waals surface area (Å²) in [6, 6.07) is 22.3. The van der Waals surface area contributed by atoms with Crippen molar-refractivity contribution in [2.75, 3.05) is 0 Å². The molecule has 1 aliphatic carbocycles. The molecule has 1 N–H and O–H groups in total. The standard InChI is InChI=1S/C31H33NO5/c1-21-16-17-24-19-32(30(33)29(23-12-6-3-7-13-23)37-25-14-8-9-15-25)27(31(34)35)18-26(24)28(21)36-20-22-10-4-2-5-11-22/h2-7,10-13,16-17,25,27,29H,8-9,14-15,18-20H2,1H3,(H,34,35). The summed E-state index contributed by atoms with van der Waals surface area (Å²) in [6.45, 7) is 2.56. The van der Waals surface area contributed by atoms with Gasteiger partial charge < -0.3 is 19.5 Å². The van der Waals surface area contributed by atoms with Gasteiger partial charge in [-0.3, -0.25) is 4.79 Å². The van der Waals surface area contributed by atoms with Gasteiger partial charge in [-0.1, -0.05) is 85.6 Å². The van der Waals surface area contributed by atoms with Gasteiger partial charge >= 0.3 is 5.97 Å². The van der Waals surface area contributed by atoms with E-state index in [-0.39, 0.29) is 25.0 Å². The van der Waals surface area contributed by atoms with Crippen molar-refractivity contribution in [1.82, 2.24) is 4.90 Å². The molecule has 1 saturated carbocycles. The summed E-state index contributed by atoms with van der Waals surface area (Å²) in [5, 5.41) is 10.2. The third-order valence-corrected chi connectivity index (χ3v) is 7.42. The number of hydrogen-bond donors (Lipinski definition) is 1. The monoisotopic (exact) mass is 499 g/mol. The van der Waals surface area contributed by atoms with Gasteiger partial charge in [0.1, 0.15) is 18.4 Å². The van der Waals surface area contributed by atoms with Crippen LogP contribution in [0.4, 0.5) is 0 Å². The number of nitrogens with zero attached hydrogens (tertiary/aromatic N) is 1. The van der Waals surface area contributed by atoms with Crippen LogP contribution >= 0.6 is 0 Å². The van der Waals surface area contributed by atoms with Gasteiger partial charge in [0.2, 0.25) is 0 Å². The lowest BCUT2D eigenvalue weighted by molar-refractivity contribution is -0.160. The van der Waals surface area contributed by atoms with Gasteiger partial charge in [-0.25, -0.2) is 4.79 Å². The highest BCUT2D eigenvalue weighted by Gasteiger charge is 2.40. The van der Waals surface area contributed by atoms with Crippen LogP contribution in [0.1, 0.15) is 59.6 Å². The second kappa shape index (κ2) is 11.2. The smallest absolute Gasteiger partial charge is 0.326 e. The molecular formula is C31H33NO5. The topological polar surface area (TPSA) is 76.1 Å². The fraction of sp³-hybridized carbons (Fsp3) is 0.355. The number of hydrogen-bond acceptors (Lipinski definition) is 4. The van der Waals surface area contributed by atoms with Crippen LogP contribution in [0.5, 0.6) is 5.75 Å². The molecule has 6 heteroatoms. The lowest BCUT2D eigenvalue weighted by atomic mass is 9.90. The first-order valence-electron chi connectivity index (χ1n) is 13.0. The molecule has 2 aliphatic rings. The molecular weight excluding hydrogens is 466 g/mol. The fourth-order valence-electron chi connectivity index (χ4n) is 5.41. The van der Waals surface area contributed by atoms with Crippen molar-refractivity contribution in [2.24, 2.45) is 0 Å². The molecule has 0 aromatic heterocycles. The van der Waals surface area contributed by atoms with E-state index in [1.807, 2.05) is 79.7 Å². The molecule has 1 fully saturated rings. The van der Waals surface area contributed by atoms with Crippen LogP contribution in [-0.2, 0) is 33.9 Å². The fourth-order valence-corrected chi connectivity index (χ4v) is 5.41. The van der Waals surface area contributed by atoms with E-state index in [2.05, 4.69) is 0 Å². The Morgan fingerprint density at radius 2 is 1.65 bits per heavy atom. The van der Waals surface area contributed by atoms with E-state index in [0.29, 0.717) is 12.4 Å². The Morgan fingerprint density at radius 3 is 2.32 bits per heavy atom. The Labute approximate surface area is 217 Å². The number of ether oxygens (including phenoxy) is 2. The molecule has 6 nitrogen and oxygen atoms in total. The van der Waals surface area contributed by atoms with Gasteiger partial charge in [-0.15, -0.1) is 0 Å². The molecule has 0 spiro atoms. The zero-order chi connectivity index (χ0) is 25.8. The number of carboxylic acids is 1. The van der Waals surface area contributed by atoms with Crippen LogP contribution in [0, 0.1) is 6.92 Å². The van der Waals surface area contributed by atoms with Crippen molar-refractivity contribution in [1.29, 1.82) is 0 Å². The first-order chi connectivity index (χ1) is 18.0. The lowest BCUT2D eigenvalue weighted by Gasteiger charge is -2.38. The van der Waals surface area contributed by atoms with Crippen molar-refractivity contribution in [3.05, 3.63) is 101 Å². The summed E-state index contributed by atoms with van der Waals surface area (Å²) in [6.07, 6.45) is 3.38. The zero-order valence-corrected chi connectivity index (χ0v) is 21.1. The van der Waals surface area contributed by atoms with E-state index in [0.717, 1.165) is 53.5 Å². The van der Waals surface area contributed by atoms with E-state index in [1.165, 1.54) is 4.90 Å². The quantitative estimate of drug-likeness (QED) is 0.436. The van der Waals surface area contributed by atoms with Gasteiger partial charge in [0, 0.05) is 18.5 Å². The third-order valence-electron chi connectivity index (χ3n) is 7.42. The summed E-state index contributed by atoms with van der Waals surface area (Å²) in [5.74, 6) is -0.618. The molecule has 0 saturated heterocycles. The Hall–Kier alpha value is -3.64. The van der Waals surface area contributed by atoms with Crippen molar-refractivity contribution in [3.63, 3.8) is 0 Å². The molecule has 0 radical (unpaired) electrons. The number of fused-ring (bicyclic) bond motifs is 1. The van der Waals surface area contributed by atoms with Crippen LogP contribution in [-0.4, -0.2) is 34.0 Å². The summed E-state index contributed by atoms with van der Waals surface area (Å²) in [5.41, 5.74) is 4.51. The van der Waals surface area contributed by atoms with E-state index in [9.17, 15) is 14.7 Å². The van der Waals surface area contributed by atoms with Crippen molar-refractivity contribution < 1.29 is 24.2 Å². The Bertz CT molecular complexity index is 1240. The number of aliphatic carboxylic acids is 1. The van der Waals surface area contributed by atoms with Crippen LogP contribution < -0.4 is 4.74 Å². The second-order valence-corrected chi connectivity index (χ2v) is 9.98. The average Bonchev–Trinajstić information content (AvgIpc) is 3.44. The average molecular weight is 500 g/mol. The SMILES string of the molecule is Cc1ccc2c(c1OCc1ccccc1)CC(C(=O)O)N(C(=O)C(OC1CCCC1)c1ccccc1)C2. The first kappa shape index (κ1) is 25.0. The van der Waals surface area contributed by atoms with Gasteiger partial charge in [-0.05, 0) is 42.0 Å². The molecule has 1 amide bonds. The van der Waals surface area contributed by atoms with Gasteiger partial charge in [0.05, 0.1) is 6.10 Å². The molecule has 0 bridgehead atoms. The molecule has 1 heterocycles. The van der Waals surface area contributed by atoms with Crippen molar-refractivity contribution in [3.8, 4) is 5.75 Å². The minimum absolute atomic E-state index is 0.00940. The molecule has 3 aromatic carbocycles. The predicted octanol–water partition coefficient (Wildman–Crippen LogP) is 5.61. The second-order valence-electron chi connectivity index (χ2n) is 9.98. The maximum atomic E-state index is 14.0. The Kier molecular flexibility index (Phi) is 7.56. The molecule has 5 rings (SSSR count). The Balaban J connectivity index is 1.44. The molecule has 2 atom stereocenters. The van der Waals surface area contributed by atoms with Crippen molar-refractivity contribution in [2.45, 2.75) is 70.4 Å². The number of carbonyl (C=O) groups excluding carboxylic acids is 1. The maximum absolute atomic E-state index is 14.0. The van der Waals surface area contributed by atoms with E-state index in [4.69, 9.17) is 9.47 Å². The summed E-state index contributed by atoms with van der Waals surface area (Å²) in [7, 11) is 0. The highest BCUT2D eigenvalue weighted by molar-refractivity contribution is 5.88. The summed E-state index contributed by atoms with van der Waals surface area (Å²) >= 11 is 0. The van der Waals surface area contributed by atoms with Crippen molar-refractivity contribution >= 4 is 11.9 Å². The molecule has 2 unspecified atom stereocenters. The number of aryl methyl sites for hydroxylation is 1. The number of rotatable bonds is 8. The number of carboxylic acid groups (broad SMARTS) is 1. The minimum atomic E-state index is -1.03. The maximum Gasteiger partial charge on any atom is 0.326 e. The molecule has 3 aromatic rings. The lowest BCUT2D eigenvalue weighted by Crippen LogP contribution is -2.50. The highest BCUT2D eigenvalue weighted by Crippen LogP contribution is 2.37. The largest absolute Gasteiger partial charge is 0.488 e. The van der Waals surface area contributed by atoms with E-state index in [1.54, 1.807) is 0 Å². The number of carbonyl (C=O) groups is 2. The number of benzene rings is 3. The van der Waals surface area contributed by atoms with E-state index < -0.39 is 18.1 Å². The van der Waals surface area contributed by atoms with Crippen LogP contribution in [0.3, 0.4) is 0 Å². The molecule has 1 aliphatic heterocycles. The summed E-state index contributed by atoms with van der Waals surface area (Å²) < 4.78 is 12.6. The number of amides is 1. The highest BCUT2D eigenvalue weighted by atomic mass is 16.5. The van der Waals surface area contributed by atoms with Gasteiger partial charge in [-0.2, -0.15) is 0 Å². The molecule has 37 heavy (non-hydrogen) atoms. The van der Waals surface area contributed by atoms with Crippen LogP contribution in [0.25, 0.3) is 0 Å². The normalized spacial score (nSPS) is 18.3. The Morgan fingerprint density at radius 1 is 0.973 bits per heavy atom. The van der Waals surface area contributed by atoms with E-state index >= 15 is 0 Å². The third kappa shape index (κ3) is 5.54. The predicted molar refractivity (Wildman–Crippen MR) is 140 cm³/mol. The first-order valence-corrected chi connectivity index (χ1v) is 13.0. The van der Waals surface area contributed by atoms with Gasteiger partial charge in [0.15, 0.2) is 6.10 Å². The minimum Gasteiger partial charge on any atom is -0.488 e. The van der Waals surface area contributed by atoms with Crippen LogP contribution in [0.2, 0.25) is 0 Å². The molecule has 192 valence electrons.